The topological polar surface area (TPSA) is 50.4 Å². The van der Waals surface area contributed by atoms with Crippen LogP contribution in [0, 0.1) is 6.92 Å². The highest BCUT2D eigenvalue weighted by molar-refractivity contribution is 6.40. The van der Waals surface area contributed by atoms with Gasteiger partial charge in [-0.2, -0.15) is 0 Å². The van der Waals surface area contributed by atoms with Gasteiger partial charge in [-0.3, -0.25) is 4.79 Å². The van der Waals surface area contributed by atoms with Gasteiger partial charge in [0.15, 0.2) is 0 Å². The molecule has 0 atom stereocenters. The molecule has 0 bridgehead atoms. The molecule has 0 radical (unpaired) electrons. The summed E-state index contributed by atoms with van der Waals surface area (Å²) in [7, 11) is 0. The van der Waals surface area contributed by atoms with E-state index in [9.17, 15) is 4.79 Å². The Morgan fingerprint density at radius 2 is 2.10 bits per heavy atom. The van der Waals surface area contributed by atoms with Crippen molar-refractivity contribution in [3.8, 4) is 0 Å². The van der Waals surface area contributed by atoms with Crippen molar-refractivity contribution in [3.63, 3.8) is 0 Å². The van der Waals surface area contributed by atoms with Crippen LogP contribution < -0.4 is 10.6 Å². The Labute approximate surface area is 128 Å². The lowest BCUT2D eigenvalue weighted by Gasteiger charge is -2.22. The summed E-state index contributed by atoms with van der Waals surface area (Å²) in [6, 6.07) is 3.53. The molecule has 2 rings (SSSR count). The summed E-state index contributed by atoms with van der Waals surface area (Å²) in [6.45, 7) is 3.74. The van der Waals surface area contributed by atoms with Crippen LogP contribution in [0.15, 0.2) is 12.1 Å². The number of piperidine rings is 1. The van der Waals surface area contributed by atoms with Crippen LogP contribution in [0.1, 0.15) is 18.4 Å². The predicted molar refractivity (Wildman–Crippen MR) is 81.7 cm³/mol. The largest absolute Gasteiger partial charge is 0.368 e. The lowest BCUT2D eigenvalue weighted by atomic mass is 10.1. The molecule has 0 unspecified atom stereocenters. The highest BCUT2D eigenvalue weighted by atomic mass is 35.5. The molecular formula is C14H18Cl2N2O2. The molecule has 0 spiro atoms. The highest BCUT2D eigenvalue weighted by Gasteiger charge is 2.16. The number of benzene rings is 1. The van der Waals surface area contributed by atoms with Crippen molar-refractivity contribution in [2.45, 2.75) is 25.9 Å². The smallest absolute Gasteiger partial charge is 0.250 e. The maximum atomic E-state index is 11.9. The van der Waals surface area contributed by atoms with Crippen molar-refractivity contribution in [2.75, 3.05) is 25.0 Å². The molecule has 1 fully saturated rings. The van der Waals surface area contributed by atoms with Crippen molar-refractivity contribution in [1.82, 2.24) is 5.32 Å². The summed E-state index contributed by atoms with van der Waals surface area (Å²) in [5.41, 5.74) is 1.32. The number of amides is 1. The first-order valence-corrected chi connectivity index (χ1v) is 7.40. The molecule has 2 N–H and O–H groups in total. The molecule has 1 heterocycles. The monoisotopic (exact) mass is 316 g/mol. The van der Waals surface area contributed by atoms with Gasteiger partial charge in [0, 0.05) is 0 Å². The number of halogens is 2. The van der Waals surface area contributed by atoms with Crippen LogP contribution in [0.4, 0.5) is 5.69 Å². The average Bonchev–Trinajstić information content (AvgIpc) is 2.46. The molecule has 0 aliphatic carbocycles. The lowest BCUT2D eigenvalue weighted by Crippen LogP contribution is -2.34. The van der Waals surface area contributed by atoms with E-state index in [1.807, 2.05) is 13.0 Å². The number of rotatable bonds is 4. The van der Waals surface area contributed by atoms with Gasteiger partial charge in [-0.1, -0.05) is 29.3 Å². The van der Waals surface area contributed by atoms with E-state index < -0.39 is 0 Å². The van der Waals surface area contributed by atoms with E-state index in [1.165, 1.54) is 0 Å². The first kappa shape index (κ1) is 15.6. The van der Waals surface area contributed by atoms with E-state index in [0.29, 0.717) is 15.7 Å². The second kappa shape index (κ2) is 7.27. The van der Waals surface area contributed by atoms with Crippen LogP contribution in [-0.4, -0.2) is 31.7 Å². The Morgan fingerprint density at radius 3 is 2.80 bits per heavy atom. The van der Waals surface area contributed by atoms with Gasteiger partial charge in [0.2, 0.25) is 5.91 Å². The van der Waals surface area contributed by atoms with E-state index in [4.69, 9.17) is 27.9 Å². The number of hydrogen-bond donors (Lipinski definition) is 2. The van der Waals surface area contributed by atoms with E-state index in [2.05, 4.69) is 10.6 Å². The third-order valence-corrected chi connectivity index (χ3v) is 4.09. The first-order valence-electron chi connectivity index (χ1n) is 6.64. The summed E-state index contributed by atoms with van der Waals surface area (Å²) >= 11 is 12.2. The number of hydrogen-bond acceptors (Lipinski definition) is 3. The zero-order valence-corrected chi connectivity index (χ0v) is 12.9. The predicted octanol–water partition coefficient (Wildman–Crippen LogP) is 3.01. The fourth-order valence-corrected chi connectivity index (χ4v) is 2.57. The molecule has 1 aliphatic rings. The minimum atomic E-state index is -0.238. The Bertz CT molecular complexity index is 488. The van der Waals surface area contributed by atoms with Gasteiger partial charge in [-0.25, -0.2) is 0 Å². The number of carbonyl (C=O) groups excluding carboxylic acids is 1. The number of ether oxygens (including phenoxy) is 1. The minimum absolute atomic E-state index is 0.0191. The Hall–Kier alpha value is -0.810. The SMILES string of the molecule is Cc1ccc(Cl)c(NC(=O)COC2CCNCC2)c1Cl. The summed E-state index contributed by atoms with van der Waals surface area (Å²) in [5, 5.41) is 6.86. The second-order valence-electron chi connectivity index (χ2n) is 4.86. The van der Waals surface area contributed by atoms with Gasteiger partial charge in [-0.15, -0.1) is 0 Å². The van der Waals surface area contributed by atoms with Crippen LogP contribution in [0.5, 0.6) is 0 Å². The molecule has 0 aromatic heterocycles. The fourth-order valence-electron chi connectivity index (χ4n) is 2.10. The summed E-state index contributed by atoms with van der Waals surface area (Å²) in [6.07, 6.45) is 2.00. The lowest BCUT2D eigenvalue weighted by molar-refractivity contribution is -0.123. The molecule has 1 aliphatic heterocycles. The van der Waals surface area contributed by atoms with Crippen molar-refractivity contribution in [3.05, 3.63) is 27.7 Å². The Kier molecular flexibility index (Phi) is 5.66. The molecule has 1 aromatic rings. The molecule has 1 saturated heterocycles. The molecule has 1 amide bonds. The van der Waals surface area contributed by atoms with E-state index >= 15 is 0 Å². The van der Waals surface area contributed by atoms with E-state index in [-0.39, 0.29) is 18.6 Å². The molecule has 4 nitrogen and oxygen atoms in total. The highest BCUT2D eigenvalue weighted by Crippen LogP contribution is 2.32. The maximum absolute atomic E-state index is 11.9. The number of aryl methyl sites for hydroxylation is 1. The van der Waals surface area contributed by atoms with Gasteiger partial charge in [0.1, 0.15) is 6.61 Å². The normalized spacial score (nSPS) is 16.1. The van der Waals surface area contributed by atoms with Crippen molar-refractivity contribution in [2.24, 2.45) is 0 Å². The van der Waals surface area contributed by atoms with Gasteiger partial charge >= 0.3 is 0 Å². The zero-order chi connectivity index (χ0) is 14.5. The van der Waals surface area contributed by atoms with Gasteiger partial charge in [-0.05, 0) is 44.5 Å². The number of nitrogens with one attached hydrogen (secondary N) is 2. The Morgan fingerprint density at radius 1 is 1.40 bits per heavy atom. The van der Waals surface area contributed by atoms with Gasteiger partial charge in [0.05, 0.1) is 21.8 Å². The van der Waals surface area contributed by atoms with Gasteiger partial charge < -0.3 is 15.4 Å². The van der Waals surface area contributed by atoms with Gasteiger partial charge in [0.25, 0.3) is 0 Å². The average molecular weight is 317 g/mol. The van der Waals surface area contributed by atoms with Crippen LogP contribution in [0.2, 0.25) is 10.0 Å². The fraction of sp³-hybridized carbons (Fsp3) is 0.500. The van der Waals surface area contributed by atoms with Crippen LogP contribution >= 0.6 is 23.2 Å². The Balaban J connectivity index is 1.89. The molecule has 0 saturated carbocycles. The quantitative estimate of drug-likeness (QED) is 0.897. The molecule has 6 heteroatoms. The minimum Gasteiger partial charge on any atom is -0.368 e. The summed E-state index contributed by atoms with van der Waals surface area (Å²) in [5.74, 6) is -0.238. The first-order chi connectivity index (χ1) is 9.58. The van der Waals surface area contributed by atoms with Crippen LogP contribution in [0.3, 0.4) is 0 Å². The third-order valence-electron chi connectivity index (χ3n) is 3.28. The van der Waals surface area contributed by atoms with Crippen LogP contribution in [0.25, 0.3) is 0 Å². The van der Waals surface area contributed by atoms with E-state index in [1.54, 1.807) is 6.07 Å². The molecular weight excluding hydrogens is 299 g/mol. The number of carbonyl (C=O) groups is 1. The zero-order valence-electron chi connectivity index (χ0n) is 11.3. The van der Waals surface area contributed by atoms with Crippen LogP contribution in [-0.2, 0) is 9.53 Å². The summed E-state index contributed by atoms with van der Waals surface area (Å²) < 4.78 is 5.59. The maximum Gasteiger partial charge on any atom is 0.250 e. The molecule has 110 valence electrons. The third kappa shape index (κ3) is 4.09. The summed E-state index contributed by atoms with van der Waals surface area (Å²) in [4.78, 5) is 11.9. The molecule has 1 aromatic carbocycles. The van der Waals surface area contributed by atoms with Crippen molar-refractivity contribution in [1.29, 1.82) is 0 Å². The van der Waals surface area contributed by atoms with Crippen molar-refractivity contribution >= 4 is 34.8 Å². The van der Waals surface area contributed by atoms with Crippen molar-refractivity contribution < 1.29 is 9.53 Å². The number of anilines is 1. The van der Waals surface area contributed by atoms with E-state index in [0.717, 1.165) is 31.5 Å². The second-order valence-corrected chi connectivity index (χ2v) is 5.65. The molecule has 20 heavy (non-hydrogen) atoms. The standard InChI is InChI=1S/C14H18Cl2N2O2/c1-9-2-3-11(15)14(13(9)16)18-12(19)8-20-10-4-6-17-7-5-10/h2-3,10,17H,4-8H2,1H3,(H,18,19).